The number of carbonyl (C=O) groups excluding carboxylic acids is 1. The molecule has 4 rings (SSSR count). The van der Waals surface area contributed by atoms with E-state index in [4.69, 9.17) is 9.26 Å². The van der Waals surface area contributed by atoms with E-state index >= 15 is 0 Å². The Labute approximate surface area is 164 Å². The van der Waals surface area contributed by atoms with Crippen molar-refractivity contribution in [3.63, 3.8) is 0 Å². The predicted molar refractivity (Wildman–Crippen MR) is 105 cm³/mol. The molecule has 2 aliphatic carbocycles. The third kappa shape index (κ3) is 3.08. The first-order valence-corrected chi connectivity index (χ1v) is 9.69. The Morgan fingerprint density at radius 3 is 2.86 bits per heavy atom. The lowest BCUT2D eigenvalue weighted by Crippen LogP contribution is -2.35. The van der Waals surface area contributed by atoms with Gasteiger partial charge in [-0.2, -0.15) is 10.1 Å². The number of benzene rings is 1. The summed E-state index contributed by atoms with van der Waals surface area (Å²) in [6.07, 6.45) is 3.35. The van der Waals surface area contributed by atoms with E-state index in [-0.39, 0.29) is 23.3 Å². The molecule has 0 saturated heterocycles. The molecule has 2 aromatic rings. The standard InChI is InChI=1S/C21H26N4O3/c1-13-22-19(25-28-13)14-6-5-7-16(10-14)27-12-18(26)24-23-17-11-15-8-9-21(17,4)20(15,2)3/h5-7,10,15H,8-9,11-12H2,1-4H3,(H,24,26)/b23-17+. The molecular formula is C21H26N4O3. The summed E-state index contributed by atoms with van der Waals surface area (Å²) in [7, 11) is 0. The smallest absolute Gasteiger partial charge is 0.277 e. The van der Waals surface area contributed by atoms with Gasteiger partial charge in [-0.15, -0.1) is 0 Å². The summed E-state index contributed by atoms with van der Waals surface area (Å²) < 4.78 is 10.6. The molecule has 7 heteroatoms. The van der Waals surface area contributed by atoms with Crippen LogP contribution < -0.4 is 10.2 Å². The Kier molecular flexibility index (Phi) is 4.48. The van der Waals surface area contributed by atoms with Gasteiger partial charge < -0.3 is 9.26 Å². The number of ether oxygens (including phenoxy) is 1. The van der Waals surface area contributed by atoms with E-state index in [1.165, 1.54) is 6.42 Å². The lowest BCUT2D eigenvalue weighted by molar-refractivity contribution is -0.123. The number of nitrogens with zero attached hydrogens (tertiary/aromatic N) is 3. The summed E-state index contributed by atoms with van der Waals surface area (Å²) in [5, 5.41) is 8.35. The van der Waals surface area contributed by atoms with Gasteiger partial charge in [0.2, 0.25) is 11.7 Å². The van der Waals surface area contributed by atoms with Gasteiger partial charge in [-0.05, 0) is 42.7 Å². The maximum absolute atomic E-state index is 12.2. The van der Waals surface area contributed by atoms with Crippen molar-refractivity contribution < 1.29 is 14.1 Å². The van der Waals surface area contributed by atoms with Crippen molar-refractivity contribution in [2.24, 2.45) is 21.8 Å². The molecule has 2 bridgehead atoms. The fraction of sp³-hybridized carbons (Fsp3) is 0.524. The van der Waals surface area contributed by atoms with Gasteiger partial charge in [0.1, 0.15) is 5.75 Å². The highest BCUT2D eigenvalue weighted by Crippen LogP contribution is 2.63. The van der Waals surface area contributed by atoms with Gasteiger partial charge in [-0.1, -0.05) is 38.1 Å². The van der Waals surface area contributed by atoms with Crippen LogP contribution in [0.5, 0.6) is 5.75 Å². The molecule has 2 unspecified atom stereocenters. The number of rotatable bonds is 5. The van der Waals surface area contributed by atoms with E-state index in [2.05, 4.69) is 41.4 Å². The Hall–Kier alpha value is -2.70. The minimum absolute atomic E-state index is 0.0723. The van der Waals surface area contributed by atoms with Crippen LogP contribution in [0.2, 0.25) is 0 Å². The van der Waals surface area contributed by atoms with Gasteiger partial charge in [0, 0.05) is 23.6 Å². The SMILES string of the molecule is Cc1nc(-c2cccc(OCC(=O)N/N=C3\CC4CCC3(C)C4(C)C)c2)no1. The predicted octanol–water partition coefficient (Wildman–Crippen LogP) is 3.74. The van der Waals surface area contributed by atoms with Crippen LogP contribution in [-0.4, -0.2) is 28.4 Å². The maximum atomic E-state index is 12.2. The summed E-state index contributed by atoms with van der Waals surface area (Å²) in [4.78, 5) is 16.4. The molecule has 2 aliphatic rings. The van der Waals surface area contributed by atoms with E-state index in [9.17, 15) is 4.79 Å². The number of aryl methyl sites for hydroxylation is 1. The number of hydrogen-bond donors (Lipinski definition) is 1. The van der Waals surface area contributed by atoms with Crippen LogP contribution in [0.25, 0.3) is 11.4 Å². The number of aromatic nitrogens is 2. The van der Waals surface area contributed by atoms with Crippen molar-refractivity contribution in [2.75, 3.05) is 6.61 Å². The average molecular weight is 382 g/mol. The Bertz CT molecular complexity index is 933. The van der Waals surface area contributed by atoms with Gasteiger partial charge >= 0.3 is 0 Å². The summed E-state index contributed by atoms with van der Waals surface area (Å²) in [5.41, 5.74) is 4.86. The van der Waals surface area contributed by atoms with Crippen molar-refractivity contribution in [3.8, 4) is 17.1 Å². The van der Waals surface area contributed by atoms with Crippen molar-refractivity contribution in [1.82, 2.24) is 15.6 Å². The summed E-state index contributed by atoms with van der Waals surface area (Å²) in [5.74, 6) is 1.94. The Morgan fingerprint density at radius 2 is 2.21 bits per heavy atom. The first-order chi connectivity index (χ1) is 13.3. The molecule has 28 heavy (non-hydrogen) atoms. The molecule has 1 aromatic heterocycles. The molecular weight excluding hydrogens is 356 g/mol. The quantitative estimate of drug-likeness (QED) is 0.796. The zero-order valence-corrected chi connectivity index (χ0v) is 16.8. The second kappa shape index (κ2) is 6.72. The zero-order chi connectivity index (χ0) is 19.9. The number of carbonyl (C=O) groups is 1. The van der Waals surface area contributed by atoms with Crippen LogP contribution >= 0.6 is 0 Å². The molecule has 1 amide bonds. The van der Waals surface area contributed by atoms with E-state index in [0.717, 1.165) is 24.1 Å². The first kappa shape index (κ1) is 18.7. The van der Waals surface area contributed by atoms with Crippen molar-refractivity contribution in [1.29, 1.82) is 0 Å². The van der Waals surface area contributed by atoms with Gasteiger partial charge in [-0.3, -0.25) is 4.79 Å². The number of amides is 1. The van der Waals surface area contributed by atoms with Gasteiger partial charge in [0.15, 0.2) is 6.61 Å². The second-order valence-electron chi connectivity index (χ2n) is 8.54. The molecule has 7 nitrogen and oxygen atoms in total. The molecule has 0 radical (unpaired) electrons. The molecule has 0 spiro atoms. The molecule has 1 N–H and O–H groups in total. The van der Waals surface area contributed by atoms with Crippen LogP contribution in [-0.2, 0) is 4.79 Å². The summed E-state index contributed by atoms with van der Waals surface area (Å²) in [6, 6.07) is 7.26. The summed E-state index contributed by atoms with van der Waals surface area (Å²) >= 11 is 0. The Balaban J connectivity index is 1.36. The molecule has 2 atom stereocenters. The lowest BCUT2D eigenvalue weighted by Gasteiger charge is -2.34. The average Bonchev–Trinajstić information content (AvgIpc) is 3.26. The highest BCUT2D eigenvalue weighted by molar-refractivity contribution is 5.95. The minimum Gasteiger partial charge on any atom is -0.484 e. The monoisotopic (exact) mass is 382 g/mol. The summed E-state index contributed by atoms with van der Waals surface area (Å²) in [6.45, 7) is 8.54. The van der Waals surface area contributed by atoms with Crippen molar-refractivity contribution in [2.45, 2.75) is 47.0 Å². The second-order valence-corrected chi connectivity index (χ2v) is 8.54. The molecule has 2 fully saturated rings. The van der Waals surface area contributed by atoms with E-state index in [1.807, 2.05) is 12.1 Å². The van der Waals surface area contributed by atoms with E-state index < -0.39 is 0 Å². The minimum atomic E-state index is -0.266. The van der Waals surface area contributed by atoms with Crippen molar-refractivity contribution in [3.05, 3.63) is 30.2 Å². The lowest BCUT2D eigenvalue weighted by atomic mass is 9.70. The fourth-order valence-electron chi connectivity index (χ4n) is 4.55. The van der Waals surface area contributed by atoms with Crippen LogP contribution in [0, 0.1) is 23.7 Å². The zero-order valence-electron chi connectivity index (χ0n) is 16.8. The number of hydrazone groups is 1. The van der Waals surface area contributed by atoms with Gasteiger partial charge in [-0.25, -0.2) is 5.43 Å². The van der Waals surface area contributed by atoms with Crippen LogP contribution in [0.3, 0.4) is 0 Å². The number of nitrogens with one attached hydrogen (secondary N) is 1. The van der Waals surface area contributed by atoms with E-state index in [0.29, 0.717) is 23.4 Å². The normalized spacial score (nSPS) is 26.6. The number of fused-ring (bicyclic) bond motifs is 2. The van der Waals surface area contributed by atoms with Crippen LogP contribution in [0.4, 0.5) is 0 Å². The van der Waals surface area contributed by atoms with Crippen LogP contribution in [0.1, 0.15) is 45.9 Å². The highest BCUT2D eigenvalue weighted by atomic mass is 16.5. The van der Waals surface area contributed by atoms with Crippen LogP contribution in [0.15, 0.2) is 33.9 Å². The van der Waals surface area contributed by atoms with Crippen molar-refractivity contribution >= 4 is 11.6 Å². The third-order valence-electron chi connectivity index (χ3n) is 6.82. The Morgan fingerprint density at radius 1 is 1.39 bits per heavy atom. The highest BCUT2D eigenvalue weighted by Gasteiger charge is 2.60. The third-order valence-corrected chi connectivity index (χ3v) is 6.82. The maximum Gasteiger partial charge on any atom is 0.277 e. The van der Waals surface area contributed by atoms with E-state index in [1.54, 1.807) is 19.1 Å². The topological polar surface area (TPSA) is 89.6 Å². The molecule has 0 aliphatic heterocycles. The van der Waals surface area contributed by atoms with Gasteiger partial charge in [0.25, 0.3) is 5.91 Å². The molecule has 2 saturated carbocycles. The molecule has 148 valence electrons. The van der Waals surface area contributed by atoms with Gasteiger partial charge in [0.05, 0.1) is 0 Å². The molecule has 1 aromatic carbocycles. The molecule has 1 heterocycles. The largest absolute Gasteiger partial charge is 0.484 e. The fourth-order valence-corrected chi connectivity index (χ4v) is 4.55. The first-order valence-electron chi connectivity index (χ1n) is 9.69. The number of hydrogen-bond acceptors (Lipinski definition) is 6.